The Morgan fingerprint density at radius 2 is 1.78 bits per heavy atom. The van der Waals surface area contributed by atoms with Crippen LogP contribution in [-0.4, -0.2) is 20.1 Å². The van der Waals surface area contributed by atoms with Crippen molar-refractivity contribution in [1.29, 1.82) is 5.26 Å². The average molecular weight is 492 g/mol. The molecule has 2 aromatic heterocycles. The molecule has 0 saturated heterocycles. The van der Waals surface area contributed by atoms with E-state index in [1.54, 1.807) is 36.0 Å². The number of benzene rings is 3. The quantitative estimate of drug-likeness (QED) is 0.270. The minimum Gasteiger partial charge on any atom is -0.508 e. The van der Waals surface area contributed by atoms with Gasteiger partial charge in [0.1, 0.15) is 30.3 Å². The monoisotopic (exact) mass is 491 g/mol. The van der Waals surface area contributed by atoms with E-state index < -0.39 is 0 Å². The van der Waals surface area contributed by atoms with Gasteiger partial charge in [0.15, 0.2) is 5.65 Å². The number of phenolic OH excluding ortho intramolecular Hbond substituents is 1. The summed E-state index contributed by atoms with van der Waals surface area (Å²) in [4.78, 5) is 15.2. The van der Waals surface area contributed by atoms with Gasteiger partial charge in [-0.1, -0.05) is 23.9 Å². The third-order valence-electron chi connectivity index (χ3n) is 5.39. The molecule has 2 N–H and O–H groups in total. The molecular weight excluding hydrogens is 470 g/mol. The molecule has 5 aromatic rings. The first-order chi connectivity index (χ1) is 17.6. The minimum absolute atomic E-state index is 0.222. The number of hydrogen-bond donors (Lipinski definition) is 2. The standard InChI is InChI=1S/C28H21N5O2S/c1-18-2-12-24-27(32-18)30-17-31-28(24)33-25-14-22(35-16-20-5-3-19(15-29)4-6-20)9-13-26(25)36-23-10-7-21(34)8-11-23/h2-14,17,34H,16H2,1H3,(H,30,31,32,33). The lowest BCUT2D eigenvalue weighted by Crippen LogP contribution is -2.00. The molecule has 8 heteroatoms. The van der Waals surface area contributed by atoms with Crippen LogP contribution in [0.4, 0.5) is 11.5 Å². The first-order valence-electron chi connectivity index (χ1n) is 11.2. The van der Waals surface area contributed by atoms with E-state index in [2.05, 4.69) is 26.3 Å². The molecule has 0 aliphatic carbocycles. The highest BCUT2D eigenvalue weighted by atomic mass is 32.2. The van der Waals surface area contributed by atoms with E-state index in [9.17, 15) is 5.11 Å². The molecule has 0 radical (unpaired) electrons. The van der Waals surface area contributed by atoms with Crippen LogP contribution in [0, 0.1) is 18.3 Å². The van der Waals surface area contributed by atoms with Crippen LogP contribution in [0.3, 0.4) is 0 Å². The smallest absolute Gasteiger partial charge is 0.164 e. The van der Waals surface area contributed by atoms with Gasteiger partial charge < -0.3 is 15.2 Å². The van der Waals surface area contributed by atoms with E-state index in [0.717, 1.165) is 32.1 Å². The fourth-order valence-electron chi connectivity index (χ4n) is 3.53. The molecule has 5 rings (SSSR count). The maximum Gasteiger partial charge on any atom is 0.164 e. The van der Waals surface area contributed by atoms with Gasteiger partial charge in [-0.15, -0.1) is 0 Å². The van der Waals surface area contributed by atoms with E-state index in [-0.39, 0.29) is 5.75 Å². The summed E-state index contributed by atoms with van der Waals surface area (Å²) in [5, 5.41) is 22.9. The van der Waals surface area contributed by atoms with Crippen LogP contribution in [0.1, 0.15) is 16.8 Å². The van der Waals surface area contributed by atoms with Crippen LogP contribution >= 0.6 is 11.8 Å². The number of aromatic hydroxyl groups is 1. The number of anilines is 2. The van der Waals surface area contributed by atoms with Gasteiger partial charge >= 0.3 is 0 Å². The van der Waals surface area contributed by atoms with Crippen molar-refractivity contribution in [2.24, 2.45) is 0 Å². The van der Waals surface area contributed by atoms with E-state index in [0.29, 0.717) is 29.4 Å². The predicted molar refractivity (Wildman–Crippen MR) is 140 cm³/mol. The number of ether oxygens (including phenoxy) is 1. The van der Waals surface area contributed by atoms with E-state index in [1.165, 1.54) is 6.33 Å². The number of fused-ring (bicyclic) bond motifs is 1. The summed E-state index contributed by atoms with van der Waals surface area (Å²) in [6.45, 7) is 2.30. The first kappa shape index (κ1) is 23.1. The molecule has 0 bridgehead atoms. The van der Waals surface area contributed by atoms with E-state index >= 15 is 0 Å². The zero-order valence-electron chi connectivity index (χ0n) is 19.3. The first-order valence-corrected chi connectivity index (χ1v) is 12.0. The second kappa shape index (κ2) is 10.3. The molecule has 3 aromatic carbocycles. The second-order valence-electron chi connectivity index (χ2n) is 8.02. The summed E-state index contributed by atoms with van der Waals surface area (Å²) in [6.07, 6.45) is 1.50. The second-order valence-corrected chi connectivity index (χ2v) is 9.14. The number of hydrogen-bond acceptors (Lipinski definition) is 8. The Morgan fingerprint density at radius 1 is 0.972 bits per heavy atom. The number of nitriles is 1. The van der Waals surface area contributed by atoms with Crippen molar-refractivity contribution < 1.29 is 9.84 Å². The Hall–Kier alpha value is -4.61. The minimum atomic E-state index is 0.222. The number of pyridine rings is 1. The normalized spacial score (nSPS) is 10.7. The van der Waals surface area contributed by atoms with E-state index in [4.69, 9.17) is 10.00 Å². The lowest BCUT2D eigenvalue weighted by atomic mass is 10.1. The predicted octanol–water partition coefficient (Wildman–Crippen LogP) is 6.38. The molecule has 0 unspecified atom stereocenters. The molecule has 7 nitrogen and oxygen atoms in total. The van der Waals surface area contributed by atoms with Gasteiger partial charge in [-0.3, -0.25) is 0 Å². The van der Waals surface area contributed by atoms with Crippen molar-refractivity contribution in [2.75, 3.05) is 5.32 Å². The maximum atomic E-state index is 9.64. The highest BCUT2D eigenvalue weighted by molar-refractivity contribution is 7.99. The van der Waals surface area contributed by atoms with Gasteiger partial charge in [0.2, 0.25) is 0 Å². The van der Waals surface area contributed by atoms with Gasteiger partial charge in [0.05, 0.1) is 22.7 Å². The molecule has 0 aliphatic rings. The van der Waals surface area contributed by atoms with Crippen molar-refractivity contribution in [3.8, 4) is 17.6 Å². The molecule has 0 atom stereocenters. The zero-order valence-corrected chi connectivity index (χ0v) is 20.2. The van der Waals surface area contributed by atoms with Gasteiger partial charge in [-0.2, -0.15) is 5.26 Å². The molecule has 0 fully saturated rings. The summed E-state index contributed by atoms with van der Waals surface area (Å²) in [5.41, 5.74) is 3.89. The Bertz CT molecular complexity index is 1560. The number of rotatable bonds is 7. The Kier molecular flexibility index (Phi) is 6.65. The number of aryl methyl sites for hydroxylation is 1. The van der Waals surface area contributed by atoms with Crippen LogP contribution in [0.25, 0.3) is 11.0 Å². The molecule has 36 heavy (non-hydrogen) atoms. The summed E-state index contributed by atoms with van der Waals surface area (Å²) in [5.74, 6) is 1.55. The maximum absolute atomic E-state index is 9.64. The molecule has 176 valence electrons. The summed E-state index contributed by atoms with van der Waals surface area (Å²) in [7, 11) is 0. The lowest BCUT2D eigenvalue weighted by molar-refractivity contribution is 0.306. The number of aromatic nitrogens is 3. The third kappa shape index (κ3) is 5.37. The summed E-state index contributed by atoms with van der Waals surface area (Å²) in [6, 6.07) is 26.2. The Morgan fingerprint density at radius 3 is 2.56 bits per heavy atom. The highest BCUT2D eigenvalue weighted by Gasteiger charge is 2.12. The molecule has 0 amide bonds. The molecule has 0 aliphatic heterocycles. The SMILES string of the molecule is Cc1ccc2c(Nc3cc(OCc4ccc(C#N)cc4)ccc3Sc3ccc(O)cc3)ncnc2n1. The van der Waals surface area contributed by atoms with Crippen LogP contribution < -0.4 is 10.1 Å². The molecule has 2 heterocycles. The summed E-state index contributed by atoms with van der Waals surface area (Å²) >= 11 is 1.56. The third-order valence-corrected chi connectivity index (χ3v) is 6.48. The van der Waals surface area contributed by atoms with Crippen molar-refractivity contribution in [3.05, 3.63) is 102 Å². The lowest BCUT2D eigenvalue weighted by Gasteiger charge is -2.15. The van der Waals surface area contributed by atoms with Crippen molar-refractivity contribution >= 4 is 34.3 Å². The topological polar surface area (TPSA) is 104 Å². The highest BCUT2D eigenvalue weighted by Crippen LogP contribution is 2.38. The molecule has 0 spiro atoms. The summed E-state index contributed by atoms with van der Waals surface area (Å²) < 4.78 is 6.06. The van der Waals surface area contributed by atoms with E-state index in [1.807, 2.05) is 61.5 Å². The molecule has 0 saturated carbocycles. The Labute approximate surface area is 212 Å². The Balaban J connectivity index is 1.46. The number of nitrogens with one attached hydrogen (secondary N) is 1. The van der Waals surface area contributed by atoms with Gasteiger partial charge in [0.25, 0.3) is 0 Å². The number of nitrogens with zero attached hydrogens (tertiary/aromatic N) is 4. The average Bonchev–Trinajstić information content (AvgIpc) is 2.90. The zero-order chi connectivity index (χ0) is 24.9. The van der Waals surface area contributed by atoms with Crippen molar-refractivity contribution in [2.45, 2.75) is 23.3 Å². The molecular formula is C28H21N5O2S. The van der Waals surface area contributed by atoms with Crippen LogP contribution in [0.15, 0.2) is 95.0 Å². The van der Waals surface area contributed by atoms with Crippen molar-refractivity contribution in [3.63, 3.8) is 0 Å². The number of phenols is 1. The largest absolute Gasteiger partial charge is 0.508 e. The van der Waals surface area contributed by atoms with Crippen LogP contribution in [0.2, 0.25) is 0 Å². The van der Waals surface area contributed by atoms with Crippen LogP contribution in [-0.2, 0) is 6.61 Å². The van der Waals surface area contributed by atoms with Gasteiger partial charge in [-0.05, 0) is 73.2 Å². The fraction of sp³-hybridized carbons (Fsp3) is 0.0714. The van der Waals surface area contributed by atoms with Crippen LogP contribution in [0.5, 0.6) is 11.5 Å². The van der Waals surface area contributed by atoms with Gasteiger partial charge in [0, 0.05) is 21.6 Å². The van der Waals surface area contributed by atoms with Crippen molar-refractivity contribution in [1.82, 2.24) is 15.0 Å². The fourth-order valence-corrected chi connectivity index (χ4v) is 4.42. The van der Waals surface area contributed by atoms with Gasteiger partial charge in [-0.25, -0.2) is 15.0 Å².